The summed E-state index contributed by atoms with van der Waals surface area (Å²) in [5, 5.41) is 13.9. The number of fused-ring (bicyclic) bond motifs is 1. The number of benzene rings is 3. The number of ether oxygens (including phenoxy) is 1. The standard InChI is InChI=1S/C28H29N3O6/c32-25(14-13-23(28(35)36)29-27(34)21-8-2-1-3-9-21)30-15-17-31(18-16-30)26(33)19-37-24-12-6-10-20-7-4-5-11-22(20)24/h1-12,23H,13-19H2,(H,29,34)(H,35,36)/t23-/m0/s1. The van der Waals surface area contributed by atoms with Crippen LogP contribution in [0.15, 0.2) is 72.8 Å². The highest BCUT2D eigenvalue weighted by molar-refractivity contribution is 5.96. The lowest BCUT2D eigenvalue weighted by molar-refractivity contribution is -0.142. The highest BCUT2D eigenvalue weighted by Crippen LogP contribution is 2.25. The fourth-order valence-corrected chi connectivity index (χ4v) is 4.27. The number of amides is 3. The molecule has 0 saturated carbocycles. The summed E-state index contributed by atoms with van der Waals surface area (Å²) in [6.45, 7) is 1.36. The van der Waals surface area contributed by atoms with Gasteiger partial charge in [0.15, 0.2) is 6.61 Å². The van der Waals surface area contributed by atoms with E-state index in [1.807, 2.05) is 42.5 Å². The Hall–Kier alpha value is -4.40. The van der Waals surface area contributed by atoms with Crippen LogP contribution >= 0.6 is 0 Å². The highest BCUT2D eigenvalue weighted by Gasteiger charge is 2.27. The van der Waals surface area contributed by atoms with Gasteiger partial charge in [0.25, 0.3) is 11.8 Å². The molecular weight excluding hydrogens is 474 g/mol. The minimum Gasteiger partial charge on any atom is -0.483 e. The van der Waals surface area contributed by atoms with Crippen LogP contribution < -0.4 is 10.1 Å². The van der Waals surface area contributed by atoms with Gasteiger partial charge < -0.3 is 25.0 Å². The van der Waals surface area contributed by atoms with Gasteiger partial charge in [0.05, 0.1) is 0 Å². The van der Waals surface area contributed by atoms with Crippen molar-refractivity contribution in [1.29, 1.82) is 0 Å². The summed E-state index contributed by atoms with van der Waals surface area (Å²) in [6.07, 6.45) is -0.0467. The maximum Gasteiger partial charge on any atom is 0.326 e. The summed E-state index contributed by atoms with van der Waals surface area (Å²) in [4.78, 5) is 52.6. The number of hydrogen-bond acceptors (Lipinski definition) is 5. The average Bonchev–Trinajstić information content (AvgIpc) is 2.94. The van der Waals surface area contributed by atoms with Gasteiger partial charge in [0.1, 0.15) is 11.8 Å². The summed E-state index contributed by atoms with van der Waals surface area (Å²) in [5.74, 6) is -1.42. The van der Waals surface area contributed by atoms with Crippen molar-refractivity contribution in [2.45, 2.75) is 18.9 Å². The van der Waals surface area contributed by atoms with Crippen molar-refractivity contribution in [3.05, 3.63) is 78.4 Å². The molecule has 1 atom stereocenters. The SMILES string of the molecule is O=C(N[C@@H](CCC(=O)N1CCN(C(=O)COc2cccc3ccccc23)CC1)C(=O)O)c1ccccc1. The van der Waals surface area contributed by atoms with E-state index < -0.39 is 17.9 Å². The van der Waals surface area contributed by atoms with Gasteiger partial charge in [-0.05, 0) is 30.0 Å². The zero-order chi connectivity index (χ0) is 26.2. The molecule has 0 radical (unpaired) electrons. The van der Waals surface area contributed by atoms with E-state index in [-0.39, 0.29) is 31.3 Å². The monoisotopic (exact) mass is 503 g/mol. The van der Waals surface area contributed by atoms with Crippen LogP contribution in [-0.4, -0.2) is 77.4 Å². The Bertz CT molecular complexity index is 1270. The van der Waals surface area contributed by atoms with E-state index in [4.69, 9.17) is 4.74 Å². The fraction of sp³-hybridized carbons (Fsp3) is 0.286. The second kappa shape index (κ2) is 12.0. The summed E-state index contributed by atoms with van der Waals surface area (Å²) in [5.41, 5.74) is 0.352. The predicted molar refractivity (Wildman–Crippen MR) is 137 cm³/mol. The molecule has 192 valence electrons. The molecule has 1 aliphatic rings. The first-order chi connectivity index (χ1) is 17.9. The number of carbonyl (C=O) groups excluding carboxylic acids is 3. The van der Waals surface area contributed by atoms with E-state index in [0.717, 1.165) is 10.8 Å². The van der Waals surface area contributed by atoms with E-state index in [0.29, 0.717) is 37.5 Å². The van der Waals surface area contributed by atoms with Crippen molar-refractivity contribution in [3.63, 3.8) is 0 Å². The summed E-state index contributed by atoms with van der Waals surface area (Å²) >= 11 is 0. The number of aliphatic carboxylic acids is 1. The second-order valence-electron chi connectivity index (χ2n) is 8.80. The number of carboxylic acids is 1. The van der Waals surface area contributed by atoms with Gasteiger partial charge in [-0.15, -0.1) is 0 Å². The Morgan fingerprint density at radius 2 is 1.43 bits per heavy atom. The second-order valence-corrected chi connectivity index (χ2v) is 8.80. The van der Waals surface area contributed by atoms with Crippen LogP contribution in [-0.2, 0) is 14.4 Å². The number of carboxylic acid groups (broad SMARTS) is 1. The van der Waals surface area contributed by atoms with Crippen LogP contribution in [0.25, 0.3) is 10.8 Å². The Balaban J connectivity index is 1.22. The zero-order valence-corrected chi connectivity index (χ0v) is 20.3. The quantitative estimate of drug-likeness (QED) is 0.464. The molecule has 1 aliphatic heterocycles. The molecule has 1 heterocycles. The molecule has 3 aromatic carbocycles. The van der Waals surface area contributed by atoms with Crippen molar-refractivity contribution >= 4 is 34.5 Å². The third kappa shape index (κ3) is 6.63. The molecule has 2 N–H and O–H groups in total. The number of carbonyl (C=O) groups is 4. The van der Waals surface area contributed by atoms with Crippen molar-refractivity contribution in [3.8, 4) is 5.75 Å². The Kier molecular flexibility index (Phi) is 8.35. The van der Waals surface area contributed by atoms with Crippen LogP contribution in [0, 0.1) is 0 Å². The molecule has 0 aliphatic carbocycles. The number of hydrogen-bond donors (Lipinski definition) is 2. The highest BCUT2D eigenvalue weighted by atomic mass is 16.5. The molecule has 0 unspecified atom stereocenters. The lowest BCUT2D eigenvalue weighted by Gasteiger charge is -2.35. The number of rotatable bonds is 9. The average molecular weight is 504 g/mol. The normalized spacial score (nSPS) is 14.2. The molecule has 4 rings (SSSR count). The van der Waals surface area contributed by atoms with E-state index in [2.05, 4.69) is 5.32 Å². The largest absolute Gasteiger partial charge is 0.483 e. The topological polar surface area (TPSA) is 116 Å². The Morgan fingerprint density at radius 1 is 0.811 bits per heavy atom. The molecule has 37 heavy (non-hydrogen) atoms. The molecule has 9 heteroatoms. The molecule has 9 nitrogen and oxygen atoms in total. The van der Waals surface area contributed by atoms with Crippen LogP contribution in [0.4, 0.5) is 0 Å². The lowest BCUT2D eigenvalue weighted by Crippen LogP contribution is -2.52. The first-order valence-corrected chi connectivity index (χ1v) is 12.2. The third-order valence-electron chi connectivity index (χ3n) is 6.37. The predicted octanol–water partition coefficient (Wildman–Crippen LogP) is 2.55. The van der Waals surface area contributed by atoms with Crippen molar-refractivity contribution < 1.29 is 29.0 Å². The third-order valence-corrected chi connectivity index (χ3v) is 6.37. The molecule has 1 saturated heterocycles. The van der Waals surface area contributed by atoms with Gasteiger partial charge in [-0.2, -0.15) is 0 Å². The number of nitrogens with one attached hydrogen (secondary N) is 1. The van der Waals surface area contributed by atoms with Gasteiger partial charge in [0.2, 0.25) is 5.91 Å². The maximum absolute atomic E-state index is 12.7. The molecule has 3 amide bonds. The van der Waals surface area contributed by atoms with Gasteiger partial charge in [-0.1, -0.05) is 54.6 Å². The van der Waals surface area contributed by atoms with E-state index >= 15 is 0 Å². The van der Waals surface area contributed by atoms with Crippen molar-refractivity contribution in [1.82, 2.24) is 15.1 Å². The Morgan fingerprint density at radius 3 is 2.14 bits per heavy atom. The molecule has 3 aromatic rings. The van der Waals surface area contributed by atoms with Crippen LogP contribution in [0.2, 0.25) is 0 Å². The van der Waals surface area contributed by atoms with E-state index in [9.17, 15) is 24.3 Å². The number of piperazine rings is 1. The van der Waals surface area contributed by atoms with Crippen LogP contribution in [0.3, 0.4) is 0 Å². The van der Waals surface area contributed by atoms with Crippen LogP contribution in [0.5, 0.6) is 5.75 Å². The van der Waals surface area contributed by atoms with Gasteiger partial charge in [-0.25, -0.2) is 4.79 Å². The van der Waals surface area contributed by atoms with E-state index in [1.165, 1.54) is 0 Å². The molecular formula is C28H29N3O6. The van der Waals surface area contributed by atoms with Crippen LogP contribution in [0.1, 0.15) is 23.2 Å². The van der Waals surface area contributed by atoms with Crippen molar-refractivity contribution in [2.75, 3.05) is 32.8 Å². The fourth-order valence-electron chi connectivity index (χ4n) is 4.27. The lowest BCUT2D eigenvalue weighted by atomic mass is 10.1. The van der Waals surface area contributed by atoms with E-state index in [1.54, 1.807) is 40.1 Å². The van der Waals surface area contributed by atoms with Gasteiger partial charge >= 0.3 is 5.97 Å². The first-order valence-electron chi connectivity index (χ1n) is 12.2. The Labute approximate surface area is 214 Å². The summed E-state index contributed by atoms with van der Waals surface area (Å²) in [6, 6.07) is 20.6. The molecule has 0 spiro atoms. The first kappa shape index (κ1) is 25.7. The summed E-state index contributed by atoms with van der Waals surface area (Å²) in [7, 11) is 0. The maximum atomic E-state index is 12.7. The summed E-state index contributed by atoms with van der Waals surface area (Å²) < 4.78 is 5.80. The molecule has 0 aromatic heterocycles. The zero-order valence-electron chi connectivity index (χ0n) is 20.3. The van der Waals surface area contributed by atoms with Gasteiger partial charge in [0, 0.05) is 43.5 Å². The van der Waals surface area contributed by atoms with Gasteiger partial charge in [-0.3, -0.25) is 14.4 Å². The molecule has 0 bridgehead atoms. The number of nitrogens with zero attached hydrogens (tertiary/aromatic N) is 2. The minimum atomic E-state index is -1.20. The molecule has 1 fully saturated rings. The smallest absolute Gasteiger partial charge is 0.326 e. The minimum absolute atomic E-state index is 0.0231. The van der Waals surface area contributed by atoms with Crippen molar-refractivity contribution in [2.24, 2.45) is 0 Å².